The first kappa shape index (κ1) is 13.4. The van der Waals surface area contributed by atoms with Crippen LogP contribution in [0.5, 0.6) is 0 Å². The van der Waals surface area contributed by atoms with E-state index in [1.807, 2.05) is 11.8 Å². The molecule has 0 aromatic heterocycles. The van der Waals surface area contributed by atoms with Crippen molar-refractivity contribution in [1.82, 2.24) is 0 Å². The Labute approximate surface area is 125 Å². The van der Waals surface area contributed by atoms with E-state index < -0.39 is 0 Å². The summed E-state index contributed by atoms with van der Waals surface area (Å²) in [6.45, 7) is 6.71. The van der Waals surface area contributed by atoms with Gasteiger partial charge in [-0.05, 0) is 11.1 Å². The molecule has 1 aliphatic heterocycles. The van der Waals surface area contributed by atoms with E-state index in [1.165, 1.54) is 16.2 Å². The molecule has 1 nitrogen and oxygen atoms in total. The highest BCUT2D eigenvalue weighted by molar-refractivity contribution is 8.15. The van der Waals surface area contributed by atoms with E-state index in [2.05, 4.69) is 81.4 Å². The number of nitrogens with zero attached hydrogens (tertiary/aromatic N) is 1. The second-order valence-corrected chi connectivity index (χ2v) is 7.89. The Balaban J connectivity index is 2.00. The highest BCUT2D eigenvalue weighted by atomic mass is 32.2. The lowest BCUT2D eigenvalue weighted by atomic mass is 9.90. The minimum atomic E-state index is -0.236. The first-order chi connectivity index (χ1) is 9.52. The van der Waals surface area contributed by atoms with Gasteiger partial charge in [0.15, 0.2) is 5.54 Å². The summed E-state index contributed by atoms with van der Waals surface area (Å²) in [7, 11) is 0. The van der Waals surface area contributed by atoms with Crippen LogP contribution in [-0.4, -0.2) is 9.79 Å². The third-order valence-corrected chi connectivity index (χ3v) is 4.51. The summed E-state index contributed by atoms with van der Waals surface area (Å²) in [4.78, 5) is 4.89. The molecular formula is C18H19NS. The van der Waals surface area contributed by atoms with Crippen molar-refractivity contribution in [2.24, 2.45) is 4.99 Å². The van der Waals surface area contributed by atoms with Crippen molar-refractivity contribution in [2.75, 3.05) is 0 Å². The maximum Gasteiger partial charge on any atom is 0.159 e. The van der Waals surface area contributed by atoms with Gasteiger partial charge in [-0.2, -0.15) is 0 Å². The lowest BCUT2D eigenvalue weighted by molar-refractivity contribution is 0.807. The van der Waals surface area contributed by atoms with E-state index in [4.69, 9.17) is 4.99 Å². The topological polar surface area (TPSA) is 12.4 Å². The number of benzene rings is 2. The monoisotopic (exact) mass is 281 g/mol. The molecule has 0 N–H and O–H groups in total. The lowest BCUT2D eigenvalue weighted by Gasteiger charge is -2.20. The van der Waals surface area contributed by atoms with E-state index in [0.717, 1.165) is 0 Å². The highest BCUT2D eigenvalue weighted by Gasteiger charge is 2.51. The molecule has 0 amide bonds. The van der Waals surface area contributed by atoms with E-state index in [-0.39, 0.29) is 10.3 Å². The van der Waals surface area contributed by atoms with Gasteiger partial charge in [-0.25, -0.2) is 0 Å². The maximum atomic E-state index is 4.89. The Bertz CT molecular complexity index is 584. The maximum absolute atomic E-state index is 4.89. The summed E-state index contributed by atoms with van der Waals surface area (Å²) in [5.41, 5.74) is 2.29. The fraction of sp³-hybridized carbons (Fsp3) is 0.278. The molecule has 0 atom stereocenters. The average Bonchev–Trinajstić information content (AvgIpc) is 3.14. The van der Waals surface area contributed by atoms with Crippen molar-refractivity contribution in [3.8, 4) is 0 Å². The lowest BCUT2D eigenvalue weighted by Crippen LogP contribution is -2.20. The molecular weight excluding hydrogens is 262 g/mol. The van der Waals surface area contributed by atoms with Crippen LogP contribution in [0, 0.1) is 0 Å². The minimum Gasteiger partial charge on any atom is -0.256 e. The number of aliphatic imine (C=N–C) groups is 1. The molecule has 102 valence electrons. The first-order valence-corrected chi connectivity index (χ1v) is 7.74. The molecule has 2 heteroatoms. The third-order valence-electron chi connectivity index (χ3n) is 3.31. The quantitative estimate of drug-likeness (QED) is 0.764. The first-order valence-electron chi connectivity index (χ1n) is 6.93. The second kappa shape index (κ2) is 4.78. The van der Waals surface area contributed by atoms with Crippen LogP contribution in [0.4, 0.5) is 0 Å². The fourth-order valence-electron chi connectivity index (χ4n) is 2.41. The predicted molar refractivity (Wildman–Crippen MR) is 88.4 cm³/mol. The number of hydrogen-bond acceptors (Lipinski definition) is 2. The largest absolute Gasteiger partial charge is 0.256 e. The van der Waals surface area contributed by atoms with Gasteiger partial charge in [-0.3, -0.25) is 4.99 Å². The van der Waals surface area contributed by atoms with Crippen molar-refractivity contribution >= 4 is 16.8 Å². The van der Waals surface area contributed by atoms with Crippen molar-refractivity contribution < 1.29 is 0 Å². The summed E-state index contributed by atoms with van der Waals surface area (Å²) < 4.78 is 0.185. The van der Waals surface area contributed by atoms with Gasteiger partial charge >= 0.3 is 0 Å². The molecule has 0 unspecified atom stereocenters. The van der Waals surface area contributed by atoms with E-state index in [1.54, 1.807) is 0 Å². The summed E-state index contributed by atoms with van der Waals surface area (Å²) in [5, 5.41) is 1.22. The number of rotatable bonds is 2. The van der Waals surface area contributed by atoms with Crippen LogP contribution in [-0.2, 0) is 5.54 Å². The Morgan fingerprint density at radius 3 is 1.65 bits per heavy atom. The van der Waals surface area contributed by atoms with Crippen LogP contribution >= 0.6 is 11.8 Å². The van der Waals surface area contributed by atoms with Crippen LogP contribution in [0.15, 0.2) is 65.7 Å². The molecule has 0 aliphatic carbocycles. The van der Waals surface area contributed by atoms with Crippen LogP contribution in [0.3, 0.4) is 0 Å². The molecule has 0 saturated carbocycles. The standard InChI is InChI=1S/C18H19NS/c1-17(2,3)20-16-18(19-16,14-10-6-4-7-11-14)15-12-8-5-9-13-15/h4-13H,1-3H3. The van der Waals surface area contributed by atoms with Gasteiger partial charge < -0.3 is 0 Å². The molecule has 1 heterocycles. The molecule has 3 rings (SSSR count). The highest BCUT2D eigenvalue weighted by Crippen LogP contribution is 2.52. The van der Waals surface area contributed by atoms with Crippen LogP contribution in [0.1, 0.15) is 31.9 Å². The molecule has 0 spiro atoms. The number of hydrogen-bond donors (Lipinski definition) is 0. The summed E-state index contributed by atoms with van der Waals surface area (Å²) in [5.74, 6) is 0. The van der Waals surface area contributed by atoms with Gasteiger partial charge in [-0.15, -0.1) is 11.8 Å². The van der Waals surface area contributed by atoms with Gasteiger partial charge in [0.05, 0.1) is 0 Å². The summed E-state index contributed by atoms with van der Waals surface area (Å²) >= 11 is 1.87. The van der Waals surface area contributed by atoms with E-state index >= 15 is 0 Å². The fourth-order valence-corrected chi connectivity index (χ4v) is 3.56. The predicted octanol–water partition coefficient (Wildman–Crippen LogP) is 4.87. The molecule has 0 radical (unpaired) electrons. The van der Waals surface area contributed by atoms with Crippen molar-refractivity contribution in [2.45, 2.75) is 31.1 Å². The summed E-state index contributed by atoms with van der Waals surface area (Å²) in [6, 6.07) is 21.2. The molecule has 2 aromatic rings. The third kappa shape index (κ3) is 2.40. The SMILES string of the molecule is CC(C)(C)SC1=NC1(c1ccccc1)c1ccccc1. The van der Waals surface area contributed by atoms with Gasteiger partial charge in [0.1, 0.15) is 5.04 Å². The van der Waals surface area contributed by atoms with E-state index in [9.17, 15) is 0 Å². The smallest absolute Gasteiger partial charge is 0.159 e. The Kier molecular flexibility index (Phi) is 3.21. The van der Waals surface area contributed by atoms with Gasteiger partial charge in [-0.1, -0.05) is 81.4 Å². The van der Waals surface area contributed by atoms with Gasteiger partial charge in [0, 0.05) is 4.75 Å². The Hall–Kier alpha value is -1.54. The average molecular weight is 281 g/mol. The van der Waals surface area contributed by atoms with Crippen molar-refractivity contribution in [3.63, 3.8) is 0 Å². The van der Waals surface area contributed by atoms with Crippen LogP contribution < -0.4 is 0 Å². The molecule has 0 fully saturated rings. The van der Waals surface area contributed by atoms with Crippen molar-refractivity contribution in [3.05, 3.63) is 71.8 Å². The Morgan fingerprint density at radius 2 is 1.25 bits per heavy atom. The molecule has 1 aliphatic rings. The van der Waals surface area contributed by atoms with Crippen LogP contribution in [0.25, 0.3) is 0 Å². The van der Waals surface area contributed by atoms with Crippen molar-refractivity contribution in [1.29, 1.82) is 0 Å². The zero-order chi connectivity index (χ0) is 14.2. The Morgan fingerprint density at radius 1 is 0.800 bits per heavy atom. The minimum absolute atomic E-state index is 0.185. The van der Waals surface area contributed by atoms with Gasteiger partial charge in [0.25, 0.3) is 0 Å². The molecule has 2 aromatic carbocycles. The number of thioether (sulfide) groups is 1. The summed E-state index contributed by atoms with van der Waals surface area (Å²) in [6.07, 6.45) is 0. The zero-order valence-corrected chi connectivity index (χ0v) is 12.9. The molecule has 0 bridgehead atoms. The van der Waals surface area contributed by atoms with E-state index in [0.29, 0.717) is 0 Å². The molecule has 20 heavy (non-hydrogen) atoms. The van der Waals surface area contributed by atoms with Gasteiger partial charge in [0.2, 0.25) is 0 Å². The normalized spacial score (nSPS) is 16.6. The zero-order valence-electron chi connectivity index (χ0n) is 12.1. The van der Waals surface area contributed by atoms with Crippen LogP contribution in [0.2, 0.25) is 0 Å². The molecule has 0 saturated heterocycles. The second-order valence-electron chi connectivity index (χ2n) is 6.07.